The minimum Gasteiger partial charge on any atom is -0.364 e. The summed E-state index contributed by atoms with van der Waals surface area (Å²) in [6.07, 6.45) is 1.83. The number of halogens is 3. The fourth-order valence-electron chi connectivity index (χ4n) is 6.05. The Kier molecular flexibility index (Phi) is 4.13. The number of hydrogen-bond acceptors (Lipinski definition) is 7. The summed E-state index contributed by atoms with van der Waals surface area (Å²) in [5, 5.41) is 14.1. The molecular weight excluding hydrogens is 409 g/mol. The Hall–Kier alpha value is -2.91. The molecule has 0 amide bonds. The molecule has 3 aromatic rings. The lowest BCUT2D eigenvalue weighted by Crippen LogP contribution is -2.51. The van der Waals surface area contributed by atoms with Crippen LogP contribution in [0.2, 0.25) is 0 Å². The molecule has 2 N–H and O–H groups in total. The van der Waals surface area contributed by atoms with Crippen LogP contribution in [0.3, 0.4) is 0 Å². The molecule has 31 heavy (non-hydrogen) atoms. The van der Waals surface area contributed by atoms with Crippen LogP contribution in [0, 0.1) is 23.7 Å². The van der Waals surface area contributed by atoms with Gasteiger partial charge < -0.3 is 10.6 Å². The van der Waals surface area contributed by atoms with Crippen LogP contribution in [0.4, 0.5) is 30.5 Å². The van der Waals surface area contributed by atoms with Gasteiger partial charge in [-0.3, -0.25) is 0 Å². The number of anilines is 3. The van der Waals surface area contributed by atoms with Gasteiger partial charge in [0, 0.05) is 11.7 Å². The SMILES string of the molecule is FC(F)(F)c1cccc(Nc2nc3nonc3nc2NC2C3CC4CC(C3)CC2C4)c1. The number of hydrogen-bond donors (Lipinski definition) is 2. The van der Waals surface area contributed by atoms with E-state index in [1.165, 1.54) is 38.2 Å². The van der Waals surface area contributed by atoms with Crippen LogP contribution in [0.1, 0.15) is 37.7 Å². The average Bonchev–Trinajstić information content (AvgIpc) is 3.17. The quantitative estimate of drug-likeness (QED) is 0.601. The van der Waals surface area contributed by atoms with Crippen molar-refractivity contribution in [2.75, 3.05) is 10.6 Å². The zero-order valence-corrected chi connectivity index (χ0v) is 16.6. The van der Waals surface area contributed by atoms with E-state index >= 15 is 0 Å². The van der Waals surface area contributed by atoms with E-state index in [1.54, 1.807) is 6.07 Å². The molecule has 2 aromatic heterocycles. The minimum absolute atomic E-state index is 0.199. The molecule has 4 aliphatic rings. The largest absolute Gasteiger partial charge is 0.416 e. The molecule has 4 fully saturated rings. The Balaban J connectivity index is 1.33. The van der Waals surface area contributed by atoms with E-state index in [0.717, 1.165) is 24.0 Å². The third-order valence-electron chi connectivity index (χ3n) is 7.10. The monoisotopic (exact) mass is 430 g/mol. The Labute approximate surface area is 175 Å². The van der Waals surface area contributed by atoms with Gasteiger partial charge in [0.1, 0.15) is 0 Å². The molecule has 7 nitrogen and oxygen atoms in total. The van der Waals surface area contributed by atoms with Gasteiger partial charge in [-0.15, -0.1) is 0 Å². The van der Waals surface area contributed by atoms with Gasteiger partial charge in [-0.25, -0.2) is 14.6 Å². The van der Waals surface area contributed by atoms with Crippen molar-refractivity contribution in [2.45, 2.75) is 44.3 Å². The highest BCUT2D eigenvalue weighted by atomic mass is 19.4. The van der Waals surface area contributed by atoms with Crippen LogP contribution in [-0.2, 0) is 6.18 Å². The third kappa shape index (κ3) is 3.37. The van der Waals surface area contributed by atoms with Crippen LogP contribution in [-0.4, -0.2) is 26.3 Å². The maximum Gasteiger partial charge on any atom is 0.416 e. The second-order valence-electron chi connectivity index (χ2n) is 9.14. The first-order valence-corrected chi connectivity index (χ1v) is 10.6. The maximum absolute atomic E-state index is 13.1. The topological polar surface area (TPSA) is 88.8 Å². The predicted molar refractivity (Wildman–Crippen MR) is 107 cm³/mol. The van der Waals surface area contributed by atoms with Gasteiger partial charge in [0.05, 0.1) is 5.56 Å². The molecule has 0 spiro atoms. The van der Waals surface area contributed by atoms with E-state index in [1.807, 2.05) is 0 Å². The molecule has 0 atom stereocenters. The Bertz CT molecular complexity index is 1100. The molecule has 4 aliphatic carbocycles. The highest BCUT2D eigenvalue weighted by molar-refractivity contribution is 5.76. The van der Waals surface area contributed by atoms with Gasteiger partial charge in [0.15, 0.2) is 11.6 Å². The van der Waals surface area contributed by atoms with E-state index < -0.39 is 11.7 Å². The maximum atomic E-state index is 13.1. The van der Waals surface area contributed by atoms with Crippen molar-refractivity contribution in [2.24, 2.45) is 23.7 Å². The number of fused-ring (bicyclic) bond motifs is 1. The van der Waals surface area contributed by atoms with Crippen molar-refractivity contribution in [3.63, 3.8) is 0 Å². The molecule has 10 heteroatoms. The predicted octanol–water partition coefficient (Wildman–Crippen LogP) is 5.01. The Morgan fingerprint density at radius 2 is 1.52 bits per heavy atom. The lowest BCUT2D eigenvalue weighted by Gasteiger charge is -2.54. The molecule has 2 heterocycles. The zero-order valence-electron chi connectivity index (χ0n) is 16.6. The first-order valence-electron chi connectivity index (χ1n) is 10.6. The van der Waals surface area contributed by atoms with Gasteiger partial charge in [-0.2, -0.15) is 13.2 Å². The zero-order chi connectivity index (χ0) is 21.2. The highest BCUT2D eigenvalue weighted by Crippen LogP contribution is 2.54. The molecule has 7 rings (SSSR count). The lowest BCUT2D eigenvalue weighted by molar-refractivity contribution is -0.137. The molecule has 162 valence electrons. The van der Waals surface area contributed by atoms with Crippen LogP contribution >= 0.6 is 0 Å². The van der Waals surface area contributed by atoms with Crippen LogP contribution in [0.15, 0.2) is 28.9 Å². The van der Waals surface area contributed by atoms with Crippen molar-refractivity contribution in [3.05, 3.63) is 29.8 Å². The summed E-state index contributed by atoms with van der Waals surface area (Å²) in [6, 6.07) is 5.30. The first-order chi connectivity index (χ1) is 14.9. The van der Waals surface area contributed by atoms with Gasteiger partial charge in [0.2, 0.25) is 11.3 Å². The number of aromatic nitrogens is 4. The van der Waals surface area contributed by atoms with Crippen molar-refractivity contribution in [1.29, 1.82) is 0 Å². The molecular formula is C21H21F3N6O. The van der Waals surface area contributed by atoms with E-state index in [9.17, 15) is 13.2 Å². The summed E-state index contributed by atoms with van der Waals surface area (Å²) >= 11 is 0. The summed E-state index contributed by atoms with van der Waals surface area (Å²) in [7, 11) is 0. The summed E-state index contributed by atoms with van der Waals surface area (Å²) in [6.45, 7) is 0. The van der Waals surface area contributed by atoms with Crippen molar-refractivity contribution >= 4 is 28.6 Å². The number of alkyl halides is 3. The molecule has 0 radical (unpaired) electrons. The summed E-state index contributed by atoms with van der Waals surface area (Å²) < 4.78 is 44.1. The van der Waals surface area contributed by atoms with E-state index in [-0.39, 0.29) is 23.0 Å². The molecule has 1 aromatic carbocycles. The van der Waals surface area contributed by atoms with Gasteiger partial charge in [0.25, 0.3) is 0 Å². The summed E-state index contributed by atoms with van der Waals surface area (Å²) in [5.41, 5.74) is 0.00395. The molecule has 0 aliphatic heterocycles. The smallest absolute Gasteiger partial charge is 0.364 e. The minimum atomic E-state index is -4.43. The molecule has 0 saturated heterocycles. The van der Waals surface area contributed by atoms with E-state index in [4.69, 9.17) is 4.63 Å². The highest BCUT2D eigenvalue weighted by Gasteiger charge is 2.48. The fourth-order valence-corrected chi connectivity index (χ4v) is 6.05. The van der Waals surface area contributed by atoms with Crippen molar-refractivity contribution in [1.82, 2.24) is 20.3 Å². The summed E-state index contributed by atoms with van der Waals surface area (Å²) in [5.74, 6) is 3.62. The van der Waals surface area contributed by atoms with E-state index in [0.29, 0.717) is 23.5 Å². The number of rotatable bonds is 4. The second kappa shape index (κ2) is 6.80. The molecule has 0 unspecified atom stereocenters. The third-order valence-corrected chi connectivity index (χ3v) is 7.10. The van der Waals surface area contributed by atoms with E-state index in [2.05, 4.69) is 30.9 Å². The Morgan fingerprint density at radius 3 is 2.16 bits per heavy atom. The van der Waals surface area contributed by atoms with Crippen molar-refractivity contribution in [3.8, 4) is 0 Å². The van der Waals surface area contributed by atoms with Gasteiger partial charge in [-0.1, -0.05) is 6.07 Å². The first kappa shape index (κ1) is 18.8. The Morgan fingerprint density at radius 1 is 0.871 bits per heavy atom. The standard InChI is InChI=1S/C21H21F3N6O/c22-21(23,24)14-2-1-3-15(9-14)25-17-18(28-20-19(27-17)29-31-30-20)26-16-12-5-10-4-11(7-12)8-13(16)6-10/h1-3,9-13,16H,4-8H2,(H,25,27,29)(H,26,28,30). The molecule has 4 saturated carbocycles. The van der Waals surface area contributed by atoms with Gasteiger partial charge >= 0.3 is 6.18 Å². The average molecular weight is 430 g/mol. The summed E-state index contributed by atoms with van der Waals surface area (Å²) in [4.78, 5) is 8.95. The lowest BCUT2D eigenvalue weighted by atomic mass is 9.54. The number of nitrogens with one attached hydrogen (secondary N) is 2. The number of benzene rings is 1. The molecule has 4 bridgehead atoms. The van der Waals surface area contributed by atoms with Crippen LogP contribution in [0.5, 0.6) is 0 Å². The normalized spacial score (nSPS) is 29.5. The fraction of sp³-hybridized carbons (Fsp3) is 0.524. The number of nitrogens with zero attached hydrogens (tertiary/aromatic N) is 4. The van der Waals surface area contributed by atoms with Crippen LogP contribution in [0.25, 0.3) is 11.3 Å². The second-order valence-corrected chi connectivity index (χ2v) is 9.14. The van der Waals surface area contributed by atoms with Gasteiger partial charge in [-0.05, 0) is 84.3 Å². The van der Waals surface area contributed by atoms with Crippen LogP contribution < -0.4 is 10.6 Å². The van der Waals surface area contributed by atoms with Crippen molar-refractivity contribution < 1.29 is 17.8 Å².